The Bertz CT molecular complexity index is 1100. The fourth-order valence-electron chi connectivity index (χ4n) is 3.64. The third-order valence-electron chi connectivity index (χ3n) is 4.94. The second kappa shape index (κ2) is 6.58. The van der Waals surface area contributed by atoms with Crippen LogP contribution in [0.2, 0.25) is 0 Å². The molecule has 0 fully saturated rings. The number of hydrogen-bond acceptors (Lipinski definition) is 7. The average molecular weight is 381 g/mol. The van der Waals surface area contributed by atoms with Gasteiger partial charge in [0.15, 0.2) is 29.3 Å². The van der Waals surface area contributed by atoms with Gasteiger partial charge in [-0.2, -0.15) is 0 Å². The van der Waals surface area contributed by atoms with Gasteiger partial charge in [0, 0.05) is 5.69 Å². The van der Waals surface area contributed by atoms with Crippen molar-refractivity contribution in [3.8, 4) is 11.5 Å². The minimum atomic E-state index is -1.41. The summed E-state index contributed by atoms with van der Waals surface area (Å²) in [6.45, 7) is 1.33. The molecule has 4 N–H and O–H groups in total. The molecule has 1 aliphatic heterocycles. The number of phenols is 1. The van der Waals surface area contributed by atoms with Crippen molar-refractivity contribution >= 4 is 22.5 Å². The molecule has 0 aliphatic carbocycles. The van der Waals surface area contributed by atoms with E-state index in [0.717, 1.165) is 5.52 Å². The summed E-state index contributed by atoms with van der Waals surface area (Å²) in [5, 5.41) is 31.4. The van der Waals surface area contributed by atoms with Crippen molar-refractivity contribution < 1.29 is 24.9 Å². The molecule has 2 unspecified atom stereocenters. The Kier molecular flexibility index (Phi) is 4.20. The lowest BCUT2D eigenvalue weighted by molar-refractivity contribution is -0.114. The predicted molar refractivity (Wildman–Crippen MR) is 102 cm³/mol. The molecular formula is C20H19N3O5. The van der Waals surface area contributed by atoms with Gasteiger partial charge in [0.1, 0.15) is 0 Å². The zero-order chi connectivity index (χ0) is 20.0. The topological polar surface area (TPSA) is 119 Å². The van der Waals surface area contributed by atoms with Crippen molar-refractivity contribution in [3.05, 3.63) is 59.6 Å². The normalized spacial score (nSPS) is 19.5. The third kappa shape index (κ3) is 2.66. The number of benzene rings is 2. The van der Waals surface area contributed by atoms with Gasteiger partial charge in [-0.25, -0.2) is 4.98 Å². The quantitative estimate of drug-likeness (QED) is 0.548. The monoisotopic (exact) mass is 381 g/mol. The first-order valence-electron chi connectivity index (χ1n) is 8.62. The number of imidazole rings is 1. The number of nitrogens with zero attached hydrogens (tertiary/aromatic N) is 2. The van der Waals surface area contributed by atoms with Gasteiger partial charge in [0.05, 0.1) is 36.1 Å². The van der Waals surface area contributed by atoms with Crippen LogP contribution in [0.4, 0.5) is 5.69 Å². The number of aromatic nitrogens is 2. The van der Waals surface area contributed by atoms with Crippen molar-refractivity contribution in [1.82, 2.24) is 9.97 Å². The minimum Gasteiger partial charge on any atom is -0.507 e. The van der Waals surface area contributed by atoms with E-state index in [4.69, 9.17) is 4.74 Å². The van der Waals surface area contributed by atoms with E-state index in [1.807, 2.05) is 0 Å². The van der Waals surface area contributed by atoms with Crippen LogP contribution in [0.5, 0.6) is 11.5 Å². The number of aliphatic hydroxyl groups is 2. The highest BCUT2D eigenvalue weighted by Crippen LogP contribution is 2.44. The highest BCUT2D eigenvalue weighted by Gasteiger charge is 2.43. The lowest BCUT2D eigenvalue weighted by Crippen LogP contribution is -2.34. The Hall–Kier alpha value is -3.52. The second-order valence-corrected chi connectivity index (χ2v) is 6.57. The molecule has 0 amide bonds. The zero-order valence-electron chi connectivity index (χ0n) is 15.2. The Labute approximate surface area is 160 Å². The molecule has 2 atom stereocenters. The number of fused-ring (bicyclic) bond motifs is 1. The number of anilines is 1. The molecule has 2 heterocycles. The molecular weight excluding hydrogens is 362 g/mol. The summed E-state index contributed by atoms with van der Waals surface area (Å²) in [6, 6.07) is 9.23. The van der Waals surface area contributed by atoms with E-state index in [1.54, 1.807) is 36.7 Å². The molecule has 1 aromatic heterocycles. The molecule has 8 nitrogen and oxygen atoms in total. The van der Waals surface area contributed by atoms with Crippen LogP contribution >= 0.6 is 0 Å². The summed E-state index contributed by atoms with van der Waals surface area (Å²) in [4.78, 5) is 21.0. The summed E-state index contributed by atoms with van der Waals surface area (Å²) < 4.78 is 5.08. The second-order valence-electron chi connectivity index (χ2n) is 6.57. The van der Waals surface area contributed by atoms with Crippen LogP contribution in [0.3, 0.4) is 0 Å². The minimum absolute atomic E-state index is 0.0687. The van der Waals surface area contributed by atoms with Crippen LogP contribution in [-0.4, -0.2) is 44.4 Å². The van der Waals surface area contributed by atoms with Crippen molar-refractivity contribution in [2.45, 2.75) is 19.2 Å². The van der Waals surface area contributed by atoms with E-state index in [-0.39, 0.29) is 22.9 Å². The van der Waals surface area contributed by atoms with Crippen molar-refractivity contribution in [2.75, 3.05) is 12.0 Å². The number of nitrogens with one attached hydrogen (secondary N) is 1. The maximum Gasteiger partial charge on any atom is 0.187 e. The maximum atomic E-state index is 12.3. The van der Waals surface area contributed by atoms with Gasteiger partial charge >= 0.3 is 0 Å². The Morgan fingerprint density at radius 3 is 2.68 bits per heavy atom. The Balaban J connectivity index is 1.88. The van der Waals surface area contributed by atoms with Crippen LogP contribution in [0, 0.1) is 0 Å². The molecule has 144 valence electrons. The fraction of sp³-hybridized carbons (Fsp3) is 0.200. The SMILES string of the molecule is COc1ccc(C2C(C(C)=O)=C(O)C(O)N2c2ccc3[nH]cnc3c2)cc1O. The molecule has 8 heteroatoms. The maximum absolute atomic E-state index is 12.3. The predicted octanol–water partition coefficient (Wildman–Crippen LogP) is 2.56. The Morgan fingerprint density at radius 1 is 1.21 bits per heavy atom. The number of aromatic hydroxyl groups is 1. The highest BCUT2D eigenvalue weighted by atomic mass is 16.5. The number of carbonyl (C=O) groups is 1. The summed E-state index contributed by atoms with van der Waals surface area (Å²) in [5.41, 5.74) is 2.65. The van der Waals surface area contributed by atoms with Gasteiger partial charge in [-0.15, -0.1) is 0 Å². The molecule has 2 aromatic carbocycles. The van der Waals surface area contributed by atoms with Crippen LogP contribution in [0.15, 0.2) is 54.1 Å². The molecule has 0 radical (unpaired) electrons. The van der Waals surface area contributed by atoms with Crippen molar-refractivity contribution in [3.63, 3.8) is 0 Å². The number of Topliss-reactive ketones (excluding diaryl/α,β-unsaturated/α-hetero) is 1. The van der Waals surface area contributed by atoms with Crippen LogP contribution < -0.4 is 9.64 Å². The smallest absolute Gasteiger partial charge is 0.187 e. The van der Waals surface area contributed by atoms with Gasteiger partial charge in [-0.05, 0) is 42.8 Å². The number of hydrogen-bond donors (Lipinski definition) is 4. The molecule has 28 heavy (non-hydrogen) atoms. The van der Waals surface area contributed by atoms with E-state index in [2.05, 4.69) is 9.97 Å². The molecule has 0 bridgehead atoms. The number of ketones is 1. The molecule has 1 aliphatic rings. The average Bonchev–Trinajstić information content (AvgIpc) is 3.24. The van der Waals surface area contributed by atoms with Crippen molar-refractivity contribution in [1.29, 1.82) is 0 Å². The van der Waals surface area contributed by atoms with Gasteiger partial charge in [0.2, 0.25) is 0 Å². The summed E-state index contributed by atoms with van der Waals surface area (Å²) in [7, 11) is 1.44. The van der Waals surface area contributed by atoms with Gasteiger partial charge in [-0.3, -0.25) is 4.79 Å². The number of aliphatic hydroxyl groups excluding tert-OH is 2. The zero-order valence-corrected chi connectivity index (χ0v) is 15.2. The number of carbonyl (C=O) groups excluding carboxylic acids is 1. The number of ether oxygens (including phenoxy) is 1. The number of H-pyrrole nitrogens is 1. The van der Waals surface area contributed by atoms with Gasteiger partial charge in [-0.1, -0.05) is 6.07 Å². The van der Waals surface area contributed by atoms with Crippen LogP contribution in [0.1, 0.15) is 18.5 Å². The van der Waals surface area contributed by atoms with Gasteiger partial charge in [0.25, 0.3) is 0 Å². The number of rotatable bonds is 4. The summed E-state index contributed by atoms with van der Waals surface area (Å²) >= 11 is 0. The molecule has 0 saturated heterocycles. The summed E-state index contributed by atoms with van der Waals surface area (Å²) in [6.07, 6.45) is 0.148. The van der Waals surface area contributed by atoms with E-state index < -0.39 is 18.0 Å². The third-order valence-corrected chi connectivity index (χ3v) is 4.94. The lowest BCUT2D eigenvalue weighted by Gasteiger charge is -2.31. The van der Waals surface area contributed by atoms with E-state index in [1.165, 1.54) is 25.0 Å². The van der Waals surface area contributed by atoms with Crippen LogP contribution in [0.25, 0.3) is 11.0 Å². The highest BCUT2D eigenvalue weighted by molar-refractivity contribution is 5.97. The first kappa shape index (κ1) is 17.9. The molecule has 0 spiro atoms. The summed E-state index contributed by atoms with van der Waals surface area (Å²) in [5.74, 6) is -0.606. The van der Waals surface area contributed by atoms with E-state index in [9.17, 15) is 20.1 Å². The molecule has 0 saturated carbocycles. The first-order chi connectivity index (χ1) is 13.4. The largest absolute Gasteiger partial charge is 0.507 e. The number of phenolic OH excluding ortho intramolecular Hbond substituents is 1. The fourth-order valence-corrected chi connectivity index (χ4v) is 3.64. The van der Waals surface area contributed by atoms with Crippen molar-refractivity contribution in [2.24, 2.45) is 0 Å². The molecule has 4 rings (SSSR count). The van der Waals surface area contributed by atoms with E-state index in [0.29, 0.717) is 16.8 Å². The first-order valence-corrected chi connectivity index (χ1v) is 8.62. The standard InChI is InChI=1S/C20H19N3O5/c1-10(24)17-18(11-3-6-16(28-2)15(25)7-11)23(20(27)19(17)26)12-4-5-13-14(8-12)22-9-21-13/h3-9,18,20,25-27H,1-2H3,(H,21,22). The Morgan fingerprint density at radius 2 is 2.00 bits per heavy atom. The van der Waals surface area contributed by atoms with Crippen LogP contribution in [-0.2, 0) is 4.79 Å². The van der Waals surface area contributed by atoms with E-state index >= 15 is 0 Å². The number of methoxy groups -OCH3 is 1. The molecule has 3 aromatic rings. The number of aromatic amines is 1. The lowest BCUT2D eigenvalue weighted by atomic mass is 9.96. The van der Waals surface area contributed by atoms with Gasteiger partial charge < -0.3 is 29.9 Å².